The first-order valence-electron chi connectivity index (χ1n) is 3.33. The third kappa shape index (κ3) is 1.97. The van der Waals surface area contributed by atoms with Crippen molar-refractivity contribution in [2.24, 2.45) is 0 Å². The first-order chi connectivity index (χ1) is 4.74. The molecule has 0 heterocycles. The summed E-state index contributed by atoms with van der Waals surface area (Å²) in [6.45, 7) is -0.328. The van der Waals surface area contributed by atoms with Crippen molar-refractivity contribution in [3.63, 3.8) is 0 Å². The summed E-state index contributed by atoms with van der Waals surface area (Å²) < 4.78 is 0. The van der Waals surface area contributed by atoms with Gasteiger partial charge in [-0.25, -0.2) is 0 Å². The molecule has 1 atom stereocenters. The molecule has 4 heteroatoms. The molecular formula is C6H11NO3. The zero-order chi connectivity index (χ0) is 7.56. The minimum absolute atomic E-state index is 0.327. The molecule has 0 spiro atoms. The van der Waals surface area contributed by atoms with Crippen molar-refractivity contribution in [1.82, 2.24) is 5.32 Å². The minimum Gasteiger partial charge on any atom is -0.480 e. The van der Waals surface area contributed by atoms with Gasteiger partial charge in [0.1, 0.15) is 6.04 Å². The lowest BCUT2D eigenvalue weighted by molar-refractivity contribution is -0.140. The van der Waals surface area contributed by atoms with Crippen molar-refractivity contribution in [2.45, 2.75) is 24.9 Å². The Morgan fingerprint density at radius 1 is 1.70 bits per heavy atom. The van der Waals surface area contributed by atoms with Crippen molar-refractivity contribution >= 4 is 5.97 Å². The van der Waals surface area contributed by atoms with Gasteiger partial charge in [0.2, 0.25) is 0 Å². The lowest BCUT2D eigenvalue weighted by Crippen LogP contribution is -2.40. The summed E-state index contributed by atoms with van der Waals surface area (Å²) in [5, 5.41) is 19.7. The fourth-order valence-corrected chi connectivity index (χ4v) is 0.737. The summed E-state index contributed by atoms with van der Waals surface area (Å²) in [7, 11) is 0. The van der Waals surface area contributed by atoms with Gasteiger partial charge in [-0.2, -0.15) is 0 Å². The molecule has 58 valence electrons. The van der Waals surface area contributed by atoms with Crippen LogP contribution in [0.3, 0.4) is 0 Å². The first-order valence-corrected chi connectivity index (χ1v) is 3.33. The van der Waals surface area contributed by atoms with E-state index in [0.29, 0.717) is 6.04 Å². The smallest absolute Gasteiger partial charge is 0.323 e. The molecule has 0 radical (unpaired) electrons. The van der Waals surface area contributed by atoms with Crippen molar-refractivity contribution < 1.29 is 15.0 Å². The summed E-state index contributed by atoms with van der Waals surface area (Å²) in [5.41, 5.74) is 0. The predicted molar refractivity (Wildman–Crippen MR) is 34.7 cm³/mol. The monoisotopic (exact) mass is 145 g/mol. The Kier molecular flexibility index (Phi) is 2.24. The quantitative estimate of drug-likeness (QED) is 0.483. The second-order valence-electron chi connectivity index (χ2n) is 2.51. The molecule has 4 nitrogen and oxygen atoms in total. The third-order valence-electron chi connectivity index (χ3n) is 1.49. The van der Waals surface area contributed by atoms with Crippen LogP contribution in [0.25, 0.3) is 0 Å². The molecule has 1 aliphatic rings. The van der Waals surface area contributed by atoms with Gasteiger partial charge in [0.25, 0.3) is 0 Å². The van der Waals surface area contributed by atoms with E-state index in [2.05, 4.69) is 5.32 Å². The van der Waals surface area contributed by atoms with Gasteiger partial charge in [0.15, 0.2) is 0 Å². The average molecular weight is 145 g/mol. The summed E-state index contributed by atoms with van der Waals surface area (Å²) in [6.07, 6.45) is 2.06. The summed E-state index contributed by atoms with van der Waals surface area (Å²) in [5.74, 6) is -0.977. The highest BCUT2D eigenvalue weighted by atomic mass is 16.4. The van der Waals surface area contributed by atoms with Crippen molar-refractivity contribution in [2.75, 3.05) is 6.61 Å². The van der Waals surface area contributed by atoms with E-state index in [1.165, 1.54) is 0 Å². The van der Waals surface area contributed by atoms with Crippen LogP contribution in [0.15, 0.2) is 0 Å². The zero-order valence-electron chi connectivity index (χ0n) is 5.58. The molecule has 0 aromatic heterocycles. The summed E-state index contributed by atoms with van der Waals surface area (Å²) >= 11 is 0. The molecule has 3 N–H and O–H groups in total. The lowest BCUT2D eigenvalue weighted by atomic mass is 10.3. The van der Waals surface area contributed by atoms with Gasteiger partial charge in [0.05, 0.1) is 6.61 Å². The number of rotatable bonds is 4. The molecule has 0 aliphatic heterocycles. The second kappa shape index (κ2) is 2.98. The fourth-order valence-electron chi connectivity index (χ4n) is 0.737. The molecule has 0 amide bonds. The largest absolute Gasteiger partial charge is 0.480 e. The van der Waals surface area contributed by atoms with Crippen LogP contribution in [0.1, 0.15) is 12.8 Å². The number of carboxylic acid groups (broad SMARTS) is 1. The van der Waals surface area contributed by atoms with E-state index in [0.717, 1.165) is 12.8 Å². The van der Waals surface area contributed by atoms with E-state index < -0.39 is 12.0 Å². The van der Waals surface area contributed by atoms with E-state index in [1.807, 2.05) is 0 Å². The number of aliphatic carboxylic acids is 1. The van der Waals surface area contributed by atoms with Gasteiger partial charge in [-0.1, -0.05) is 0 Å². The Balaban J connectivity index is 2.24. The Bertz CT molecular complexity index is 133. The second-order valence-corrected chi connectivity index (χ2v) is 2.51. The Hall–Kier alpha value is -0.610. The molecule has 0 aromatic carbocycles. The molecule has 1 aliphatic carbocycles. The lowest BCUT2D eigenvalue weighted by Gasteiger charge is -2.09. The molecule has 0 aromatic rings. The number of nitrogens with one attached hydrogen (secondary N) is 1. The van der Waals surface area contributed by atoms with Crippen LogP contribution < -0.4 is 5.32 Å². The Morgan fingerprint density at radius 3 is 2.60 bits per heavy atom. The highest BCUT2D eigenvalue weighted by Gasteiger charge is 2.27. The van der Waals surface area contributed by atoms with E-state index in [1.54, 1.807) is 0 Å². The maximum atomic E-state index is 10.3. The maximum absolute atomic E-state index is 10.3. The van der Waals surface area contributed by atoms with Crippen molar-refractivity contribution in [1.29, 1.82) is 0 Å². The zero-order valence-corrected chi connectivity index (χ0v) is 5.58. The maximum Gasteiger partial charge on any atom is 0.323 e. The van der Waals surface area contributed by atoms with Crippen molar-refractivity contribution in [3.8, 4) is 0 Å². The van der Waals surface area contributed by atoms with Crippen LogP contribution in [-0.2, 0) is 4.79 Å². The van der Waals surface area contributed by atoms with Gasteiger partial charge >= 0.3 is 5.97 Å². The van der Waals surface area contributed by atoms with Crippen LogP contribution in [0, 0.1) is 0 Å². The van der Waals surface area contributed by atoms with Crippen LogP contribution >= 0.6 is 0 Å². The van der Waals surface area contributed by atoms with Crippen molar-refractivity contribution in [3.05, 3.63) is 0 Å². The van der Waals surface area contributed by atoms with Gasteiger partial charge in [-0.15, -0.1) is 0 Å². The highest BCUT2D eigenvalue weighted by Crippen LogP contribution is 2.19. The number of hydrogen-bond donors (Lipinski definition) is 3. The topological polar surface area (TPSA) is 69.6 Å². The molecule has 0 bridgehead atoms. The van der Waals surface area contributed by atoms with Gasteiger partial charge < -0.3 is 10.2 Å². The number of carboxylic acids is 1. The predicted octanol–water partition coefficient (Wildman–Crippen LogP) is -0.816. The number of aliphatic hydroxyl groups excluding tert-OH is 1. The van der Waals surface area contributed by atoms with Crippen LogP contribution in [0.5, 0.6) is 0 Å². The minimum atomic E-state index is -0.977. The Labute approximate surface area is 58.9 Å². The molecule has 1 fully saturated rings. The normalized spacial score (nSPS) is 20.5. The van der Waals surface area contributed by atoms with Gasteiger partial charge in [0, 0.05) is 6.04 Å². The standard InChI is InChI=1S/C6H11NO3/c8-3-5(6(9)10)7-4-1-2-4/h4-5,7-8H,1-3H2,(H,9,10). The molecule has 0 saturated heterocycles. The molecule has 1 saturated carbocycles. The average Bonchev–Trinajstić information content (AvgIpc) is 2.64. The fraction of sp³-hybridized carbons (Fsp3) is 0.833. The van der Waals surface area contributed by atoms with E-state index >= 15 is 0 Å². The van der Waals surface area contributed by atoms with Crippen LogP contribution in [0.2, 0.25) is 0 Å². The summed E-state index contributed by atoms with van der Waals surface area (Å²) in [4.78, 5) is 10.3. The molecule has 1 unspecified atom stereocenters. The first kappa shape index (κ1) is 7.50. The highest BCUT2D eigenvalue weighted by molar-refractivity contribution is 5.73. The molecule has 1 rings (SSSR count). The van der Waals surface area contributed by atoms with Crippen LogP contribution in [0.4, 0.5) is 0 Å². The van der Waals surface area contributed by atoms with E-state index in [4.69, 9.17) is 10.2 Å². The number of carbonyl (C=O) groups is 1. The van der Waals surface area contributed by atoms with Crippen LogP contribution in [-0.4, -0.2) is 34.9 Å². The SMILES string of the molecule is O=C(O)C(CO)NC1CC1. The van der Waals surface area contributed by atoms with E-state index in [9.17, 15) is 4.79 Å². The Morgan fingerprint density at radius 2 is 2.30 bits per heavy atom. The third-order valence-corrected chi connectivity index (χ3v) is 1.49. The molecular weight excluding hydrogens is 134 g/mol. The number of hydrogen-bond acceptors (Lipinski definition) is 3. The van der Waals surface area contributed by atoms with E-state index in [-0.39, 0.29) is 6.61 Å². The number of aliphatic hydroxyl groups is 1. The molecule has 10 heavy (non-hydrogen) atoms. The summed E-state index contributed by atoms with van der Waals surface area (Å²) in [6, 6.07) is -0.444. The van der Waals surface area contributed by atoms with Gasteiger partial charge in [-0.05, 0) is 12.8 Å². The van der Waals surface area contributed by atoms with Gasteiger partial charge in [-0.3, -0.25) is 10.1 Å².